The molecule has 1 aromatic heterocycles. The van der Waals surface area contributed by atoms with Crippen molar-refractivity contribution in [2.24, 2.45) is 0 Å². The maximum atomic E-state index is 11.2. The Labute approximate surface area is 178 Å². The van der Waals surface area contributed by atoms with E-state index in [9.17, 15) is 9.59 Å². The zero-order chi connectivity index (χ0) is 19.2. The number of ether oxygens (including phenoxy) is 2. The molecule has 27 heavy (non-hydrogen) atoms. The molecule has 0 bridgehead atoms. The van der Waals surface area contributed by atoms with Gasteiger partial charge in [0, 0.05) is 31.7 Å². The van der Waals surface area contributed by atoms with Crippen molar-refractivity contribution >= 4 is 70.3 Å². The van der Waals surface area contributed by atoms with Gasteiger partial charge in [-0.25, -0.2) is 9.59 Å². The lowest BCUT2D eigenvalue weighted by Gasteiger charge is -2.08. The van der Waals surface area contributed by atoms with Gasteiger partial charge in [-0.1, -0.05) is 13.2 Å². The van der Waals surface area contributed by atoms with Crippen LogP contribution in [-0.4, -0.2) is 25.2 Å². The van der Waals surface area contributed by atoms with Gasteiger partial charge in [-0.2, -0.15) is 0 Å². The fourth-order valence-corrected chi connectivity index (χ4v) is 8.61. The van der Waals surface area contributed by atoms with Crippen LogP contribution in [0.1, 0.15) is 18.9 Å². The fourth-order valence-electron chi connectivity index (χ4n) is 2.07. The molecule has 142 valence electrons. The van der Waals surface area contributed by atoms with Crippen molar-refractivity contribution in [3.63, 3.8) is 0 Å². The first-order valence-electron chi connectivity index (χ1n) is 7.79. The Morgan fingerprint density at radius 1 is 0.889 bits per heavy atom. The SMILES string of the molecule is C=CC(=O)OCC1=CSC(c2ccc(C3SC=C(COC(=O)C=C)S3)s2)S1. The van der Waals surface area contributed by atoms with Crippen LogP contribution in [0.2, 0.25) is 0 Å². The maximum Gasteiger partial charge on any atom is 0.330 e. The van der Waals surface area contributed by atoms with Gasteiger partial charge in [0.15, 0.2) is 0 Å². The van der Waals surface area contributed by atoms with Crippen LogP contribution in [0.3, 0.4) is 0 Å². The van der Waals surface area contributed by atoms with E-state index in [0.29, 0.717) is 22.4 Å². The highest BCUT2D eigenvalue weighted by Gasteiger charge is 2.26. The van der Waals surface area contributed by atoms with Crippen molar-refractivity contribution in [1.82, 2.24) is 0 Å². The molecule has 0 radical (unpaired) electrons. The summed E-state index contributed by atoms with van der Waals surface area (Å²) in [5, 5.41) is 4.11. The Hall–Kier alpha value is -1.00. The van der Waals surface area contributed by atoms with Gasteiger partial charge in [0.1, 0.15) is 13.2 Å². The van der Waals surface area contributed by atoms with Crippen LogP contribution in [0.25, 0.3) is 0 Å². The van der Waals surface area contributed by atoms with Crippen molar-refractivity contribution < 1.29 is 19.1 Å². The van der Waals surface area contributed by atoms with E-state index in [1.54, 1.807) is 58.4 Å². The van der Waals surface area contributed by atoms with Crippen LogP contribution in [0.5, 0.6) is 0 Å². The third-order valence-electron chi connectivity index (χ3n) is 3.32. The molecule has 0 saturated heterocycles. The largest absolute Gasteiger partial charge is 0.457 e. The first kappa shape index (κ1) is 20.7. The first-order chi connectivity index (χ1) is 13.1. The Kier molecular flexibility index (Phi) is 7.66. The van der Waals surface area contributed by atoms with Gasteiger partial charge in [-0.3, -0.25) is 0 Å². The van der Waals surface area contributed by atoms with Gasteiger partial charge in [-0.05, 0) is 22.9 Å². The maximum absolute atomic E-state index is 11.2. The van der Waals surface area contributed by atoms with Crippen LogP contribution in [0, 0.1) is 0 Å². The predicted molar refractivity (Wildman–Crippen MR) is 119 cm³/mol. The zero-order valence-electron chi connectivity index (χ0n) is 14.1. The molecule has 2 aliphatic rings. The van der Waals surface area contributed by atoms with Gasteiger partial charge in [-0.15, -0.1) is 58.4 Å². The van der Waals surface area contributed by atoms with E-state index < -0.39 is 11.9 Å². The molecule has 2 atom stereocenters. The molecule has 4 nitrogen and oxygen atoms in total. The highest BCUT2D eigenvalue weighted by molar-refractivity contribution is 8.23. The Balaban J connectivity index is 1.49. The minimum Gasteiger partial charge on any atom is -0.457 e. The molecule has 1 aromatic rings. The topological polar surface area (TPSA) is 52.6 Å². The first-order valence-corrected chi connectivity index (χ1v) is 12.3. The minimum absolute atomic E-state index is 0.290. The number of hydrogen-bond acceptors (Lipinski definition) is 9. The van der Waals surface area contributed by atoms with E-state index in [4.69, 9.17) is 9.47 Å². The molecule has 2 unspecified atom stereocenters. The molecule has 0 amide bonds. The predicted octanol–water partition coefficient (Wildman–Crippen LogP) is 5.85. The van der Waals surface area contributed by atoms with E-state index in [0.717, 1.165) is 9.81 Å². The van der Waals surface area contributed by atoms with Gasteiger partial charge in [0.25, 0.3) is 0 Å². The lowest BCUT2D eigenvalue weighted by atomic mass is 10.4. The standard InChI is InChI=1S/C18H16O4S5/c1-3-15(19)21-7-11-9-23-17(25-11)13-5-6-14(27-13)18-24-10-12(26-18)8-22-16(20)4-2/h3-6,9-10,17-18H,1-2,7-8H2. The molecule has 0 N–H and O–H groups in total. The lowest BCUT2D eigenvalue weighted by Crippen LogP contribution is -2.01. The average Bonchev–Trinajstić information content (AvgIpc) is 3.43. The normalized spacial score (nSPS) is 21.3. The summed E-state index contributed by atoms with van der Waals surface area (Å²) in [7, 11) is 0. The van der Waals surface area contributed by atoms with Crippen molar-refractivity contribution in [2.75, 3.05) is 13.2 Å². The van der Waals surface area contributed by atoms with Crippen molar-refractivity contribution in [1.29, 1.82) is 0 Å². The smallest absolute Gasteiger partial charge is 0.330 e. The molecular formula is C18H16O4S5. The minimum atomic E-state index is -0.402. The summed E-state index contributed by atoms with van der Waals surface area (Å²) in [6.45, 7) is 7.38. The molecule has 0 aromatic carbocycles. The fraction of sp³-hybridized carbons (Fsp3) is 0.222. The Morgan fingerprint density at radius 2 is 1.33 bits per heavy atom. The monoisotopic (exact) mass is 456 g/mol. The number of thioether (sulfide) groups is 4. The molecule has 0 saturated carbocycles. The summed E-state index contributed by atoms with van der Waals surface area (Å²) in [6, 6.07) is 4.32. The number of carbonyl (C=O) groups is 2. The second-order valence-corrected chi connectivity index (χ2v) is 11.4. The quantitative estimate of drug-likeness (QED) is 0.357. The van der Waals surface area contributed by atoms with E-state index in [2.05, 4.69) is 36.1 Å². The molecule has 0 aliphatic carbocycles. The van der Waals surface area contributed by atoms with Crippen LogP contribution in [-0.2, 0) is 19.1 Å². The second-order valence-electron chi connectivity index (χ2n) is 5.20. The van der Waals surface area contributed by atoms with E-state index in [1.807, 2.05) is 0 Å². The summed E-state index contributed by atoms with van der Waals surface area (Å²) in [6.07, 6.45) is 2.35. The molecule has 3 rings (SSSR count). The molecule has 9 heteroatoms. The van der Waals surface area contributed by atoms with Gasteiger partial charge < -0.3 is 9.47 Å². The number of hydrogen-bond donors (Lipinski definition) is 0. The summed E-state index contributed by atoms with van der Waals surface area (Å²) in [5.41, 5.74) is 0. The van der Waals surface area contributed by atoms with Crippen molar-refractivity contribution in [3.8, 4) is 0 Å². The summed E-state index contributed by atoms with van der Waals surface area (Å²) in [5.74, 6) is -0.804. The van der Waals surface area contributed by atoms with E-state index in [1.165, 1.54) is 21.9 Å². The summed E-state index contributed by atoms with van der Waals surface area (Å²) >= 11 is 8.69. The van der Waals surface area contributed by atoms with E-state index >= 15 is 0 Å². The number of thiophene rings is 1. The summed E-state index contributed by atoms with van der Waals surface area (Å²) in [4.78, 5) is 27.0. The van der Waals surface area contributed by atoms with Gasteiger partial charge >= 0.3 is 11.9 Å². The molecule has 3 heterocycles. The van der Waals surface area contributed by atoms with Gasteiger partial charge in [0.2, 0.25) is 0 Å². The molecule has 0 fully saturated rings. The van der Waals surface area contributed by atoms with Crippen molar-refractivity contribution in [2.45, 2.75) is 9.16 Å². The zero-order valence-corrected chi connectivity index (χ0v) is 18.2. The molecule has 2 aliphatic heterocycles. The van der Waals surface area contributed by atoms with Gasteiger partial charge in [0.05, 0.1) is 9.16 Å². The highest BCUT2D eigenvalue weighted by Crippen LogP contribution is 2.56. The van der Waals surface area contributed by atoms with Crippen LogP contribution >= 0.6 is 58.4 Å². The highest BCUT2D eigenvalue weighted by atomic mass is 32.2. The van der Waals surface area contributed by atoms with Crippen molar-refractivity contribution in [3.05, 3.63) is 67.8 Å². The Bertz CT molecular complexity index is 746. The molecular weight excluding hydrogens is 441 g/mol. The Morgan fingerprint density at radius 3 is 1.74 bits per heavy atom. The van der Waals surface area contributed by atoms with Crippen LogP contribution in [0.4, 0.5) is 0 Å². The average molecular weight is 457 g/mol. The number of esters is 2. The van der Waals surface area contributed by atoms with Crippen LogP contribution in [0.15, 0.2) is 58.1 Å². The number of carbonyl (C=O) groups excluding carboxylic acids is 2. The lowest BCUT2D eigenvalue weighted by molar-refractivity contribution is -0.137. The third kappa shape index (κ3) is 5.74. The summed E-state index contributed by atoms with van der Waals surface area (Å²) < 4.78 is 10.8. The van der Waals surface area contributed by atoms with E-state index in [-0.39, 0.29) is 0 Å². The molecule has 0 spiro atoms. The second kappa shape index (κ2) is 9.97. The third-order valence-corrected chi connectivity index (χ3v) is 10.5. The van der Waals surface area contributed by atoms with Crippen LogP contribution < -0.4 is 0 Å². The number of rotatable bonds is 8.